The van der Waals surface area contributed by atoms with Crippen molar-refractivity contribution in [2.45, 2.75) is 32.2 Å². The van der Waals surface area contributed by atoms with Crippen LogP contribution in [0.3, 0.4) is 0 Å². The number of carbonyl (C=O) groups is 2. The van der Waals surface area contributed by atoms with Crippen molar-refractivity contribution in [3.63, 3.8) is 0 Å². The highest BCUT2D eigenvalue weighted by atomic mass is 35.5. The van der Waals surface area contributed by atoms with Gasteiger partial charge in [-0.25, -0.2) is 0 Å². The molecule has 27 heavy (non-hydrogen) atoms. The summed E-state index contributed by atoms with van der Waals surface area (Å²) < 4.78 is 5.60. The first kappa shape index (κ1) is 21.5. The fourth-order valence-electron chi connectivity index (χ4n) is 3.71. The van der Waals surface area contributed by atoms with Gasteiger partial charge in [-0.05, 0) is 31.9 Å². The summed E-state index contributed by atoms with van der Waals surface area (Å²) in [4.78, 5) is 29.0. The van der Waals surface area contributed by atoms with E-state index in [9.17, 15) is 9.59 Å². The number of hydrogen-bond acceptors (Lipinski definition) is 4. The molecule has 0 radical (unpaired) electrons. The zero-order valence-corrected chi connectivity index (χ0v) is 16.7. The van der Waals surface area contributed by atoms with Gasteiger partial charge in [-0.15, -0.1) is 12.4 Å². The van der Waals surface area contributed by atoms with Crippen LogP contribution >= 0.6 is 12.4 Å². The lowest BCUT2D eigenvalue weighted by molar-refractivity contribution is -0.143. The zero-order valence-electron chi connectivity index (χ0n) is 15.9. The van der Waals surface area contributed by atoms with E-state index < -0.39 is 0 Å². The number of nitrogens with one attached hydrogen (secondary N) is 1. The highest BCUT2D eigenvalue weighted by Gasteiger charge is 2.32. The highest BCUT2D eigenvalue weighted by molar-refractivity contribution is 5.85. The Morgan fingerprint density at radius 3 is 2.52 bits per heavy atom. The van der Waals surface area contributed by atoms with Gasteiger partial charge >= 0.3 is 0 Å². The summed E-state index contributed by atoms with van der Waals surface area (Å²) in [6.07, 6.45) is 1.91. The Bertz CT molecular complexity index is 606. The van der Waals surface area contributed by atoms with Gasteiger partial charge < -0.3 is 19.9 Å². The van der Waals surface area contributed by atoms with Crippen molar-refractivity contribution in [2.75, 3.05) is 39.3 Å². The highest BCUT2D eigenvalue weighted by Crippen LogP contribution is 2.22. The summed E-state index contributed by atoms with van der Waals surface area (Å²) >= 11 is 0. The number of nitrogens with zero attached hydrogens (tertiary/aromatic N) is 2. The summed E-state index contributed by atoms with van der Waals surface area (Å²) in [6, 6.07) is 9.80. The Balaban J connectivity index is 0.00000261. The van der Waals surface area contributed by atoms with Gasteiger partial charge in [0, 0.05) is 44.7 Å². The quantitative estimate of drug-likeness (QED) is 0.827. The van der Waals surface area contributed by atoms with Crippen LogP contribution in [0.4, 0.5) is 0 Å². The number of halogens is 1. The first-order valence-corrected chi connectivity index (χ1v) is 9.62. The number of likely N-dealkylation sites (tertiary alicyclic amines) is 1. The fraction of sp³-hybridized carbons (Fsp3) is 0.600. The Kier molecular flexibility index (Phi) is 8.38. The Morgan fingerprint density at radius 1 is 1.15 bits per heavy atom. The second-order valence-electron chi connectivity index (χ2n) is 7.15. The second-order valence-corrected chi connectivity index (χ2v) is 7.15. The average molecular weight is 396 g/mol. The van der Waals surface area contributed by atoms with Crippen molar-refractivity contribution in [1.29, 1.82) is 0 Å². The topological polar surface area (TPSA) is 61.9 Å². The number of piperidine rings is 1. The monoisotopic (exact) mass is 395 g/mol. The minimum Gasteiger partial charge on any atom is -0.493 e. The first-order chi connectivity index (χ1) is 12.6. The maximum atomic E-state index is 12.7. The normalized spacial score (nSPS) is 20.7. The van der Waals surface area contributed by atoms with Crippen LogP contribution in [0.1, 0.15) is 26.2 Å². The maximum Gasteiger partial charge on any atom is 0.226 e. The molecule has 2 heterocycles. The van der Waals surface area contributed by atoms with E-state index in [-0.39, 0.29) is 36.2 Å². The lowest BCUT2D eigenvalue weighted by Crippen LogP contribution is -2.55. The zero-order chi connectivity index (χ0) is 18.4. The van der Waals surface area contributed by atoms with Crippen molar-refractivity contribution in [3.8, 4) is 5.75 Å². The van der Waals surface area contributed by atoms with Gasteiger partial charge in [-0.2, -0.15) is 0 Å². The number of rotatable bonds is 5. The predicted molar refractivity (Wildman–Crippen MR) is 107 cm³/mol. The van der Waals surface area contributed by atoms with Gasteiger partial charge in [0.2, 0.25) is 11.8 Å². The van der Waals surface area contributed by atoms with Crippen molar-refractivity contribution in [2.24, 2.45) is 5.92 Å². The van der Waals surface area contributed by atoms with E-state index in [4.69, 9.17) is 4.74 Å². The predicted octanol–water partition coefficient (Wildman–Crippen LogP) is 1.94. The van der Waals surface area contributed by atoms with Crippen LogP contribution in [-0.2, 0) is 9.59 Å². The fourth-order valence-corrected chi connectivity index (χ4v) is 3.71. The van der Waals surface area contributed by atoms with E-state index >= 15 is 0 Å². The minimum absolute atomic E-state index is 0. The molecule has 1 atom stereocenters. The standard InChI is InChI=1S/C20H29N3O3.ClH/c1-16-15-21-10-13-23(16)20(25)17-7-11-22(12-8-17)19(24)9-14-26-18-5-3-2-4-6-18;/h2-6,16-17,21H,7-15H2,1H3;1H/t16-;/m1./s1. The van der Waals surface area contributed by atoms with Crippen molar-refractivity contribution in [3.05, 3.63) is 30.3 Å². The lowest BCUT2D eigenvalue weighted by atomic mass is 9.94. The van der Waals surface area contributed by atoms with Crippen molar-refractivity contribution in [1.82, 2.24) is 15.1 Å². The minimum atomic E-state index is 0. The molecule has 150 valence electrons. The van der Waals surface area contributed by atoms with Gasteiger partial charge in [0.15, 0.2) is 0 Å². The number of para-hydroxylation sites is 1. The molecule has 7 heteroatoms. The summed E-state index contributed by atoms with van der Waals surface area (Å²) in [5, 5.41) is 3.32. The molecule has 1 aromatic carbocycles. The molecule has 6 nitrogen and oxygen atoms in total. The van der Waals surface area contributed by atoms with Gasteiger partial charge in [-0.1, -0.05) is 18.2 Å². The van der Waals surface area contributed by atoms with Gasteiger partial charge in [0.05, 0.1) is 13.0 Å². The molecule has 3 rings (SSSR count). The Hall–Kier alpha value is -1.79. The largest absolute Gasteiger partial charge is 0.493 e. The number of benzene rings is 1. The Morgan fingerprint density at radius 2 is 1.85 bits per heavy atom. The number of amides is 2. The first-order valence-electron chi connectivity index (χ1n) is 9.62. The van der Waals surface area contributed by atoms with Crippen LogP contribution in [0.25, 0.3) is 0 Å². The van der Waals surface area contributed by atoms with Crippen LogP contribution in [0.15, 0.2) is 30.3 Å². The maximum absolute atomic E-state index is 12.7. The molecule has 2 saturated heterocycles. The van der Waals surface area contributed by atoms with E-state index in [1.807, 2.05) is 40.1 Å². The summed E-state index contributed by atoms with van der Waals surface area (Å²) in [5.41, 5.74) is 0. The van der Waals surface area contributed by atoms with E-state index in [1.165, 1.54) is 0 Å². The van der Waals surface area contributed by atoms with Crippen LogP contribution in [0.2, 0.25) is 0 Å². The summed E-state index contributed by atoms with van der Waals surface area (Å²) in [5.74, 6) is 1.22. The van der Waals surface area contributed by atoms with Gasteiger partial charge in [-0.3, -0.25) is 9.59 Å². The van der Waals surface area contributed by atoms with Crippen molar-refractivity contribution >= 4 is 24.2 Å². The molecular weight excluding hydrogens is 366 g/mol. The smallest absolute Gasteiger partial charge is 0.226 e. The molecule has 2 amide bonds. The average Bonchev–Trinajstić information content (AvgIpc) is 2.69. The van der Waals surface area contributed by atoms with E-state index in [2.05, 4.69) is 12.2 Å². The molecule has 0 spiro atoms. The third-order valence-corrected chi connectivity index (χ3v) is 5.31. The number of carbonyl (C=O) groups excluding carboxylic acids is 2. The summed E-state index contributed by atoms with van der Waals surface area (Å²) in [7, 11) is 0. The van der Waals surface area contributed by atoms with E-state index in [1.54, 1.807) is 0 Å². The molecule has 1 aromatic rings. The number of piperazine rings is 1. The number of hydrogen-bond donors (Lipinski definition) is 1. The lowest BCUT2D eigenvalue weighted by Gasteiger charge is -2.39. The molecule has 2 fully saturated rings. The van der Waals surface area contributed by atoms with Crippen LogP contribution in [-0.4, -0.2) is 67.0 Å². The third kappa shape index (κ3) is 5.84. The van der Waals surface area contributed by atoms with Crippen LogP contribution < -0.4 is 10.1 Å². The molecule has 1 N–H and O–H groups in total. The molecule has 0 aromatic heterocycles. The van der Waals surface area contributed by atoms with Gasteiger partial charge in [0.1, 0.15) is 5.75 Å². The van der Waals surface area contributed by atoms with E-state index in [0.29, 0.717) is 26.1 Å². The van der Waals surface area contributed by atoms with Gasteiger partial charge in [0.25, 0.3) is 0 Å². The molecule has 2 aliphatic heterocycles. The second kappa shape index (κ2) is 10.5. The van der Waals surface area contributed by atoms with Crippen LogP contribution in [0.5, 0.6) is 5.75 Å². The Labute approximate surface area is 167 Å². The number of ether oxygens (including phenoxy) is 1. The van der Waals surface area contributed by atoms with Crippen molar-refractivity contribution < 1.29 is 14.3 Å². The molecular formula is C20H30ClN3O3. The summed E-state index contributed by atoms with van der Waals surface area (Å²) in [6.45, 7) is 6.34. The SMILES string of the molecule is C[C@@H]1CNCCN1C(=O)C1CCN(C(=O)CCOc2ccccc2)CC1.Cl. The van der Waals surface area contributed by atoms with Crippen LogP contribution in [0, 0.1) is 5.92 Å². The molecule has 2 aliphatic rings. The third-order valence-electron chi connectivity index (χ3n) is 5.31. The molecule has 0 unspecified atom stereocenters. The molecule has 0 aliphatic carbocycles. The molecule has 0 saturated carbocycles. The van der Waals surface area contributed by atoms with E-state index in [0.717, 1.165) is 38.2 Å². The molecule has 0 bridgehead atoms.